The Bertz CT molecular complexity index is 791. The van der Waals surface area contributed by atoms with Gasteiger partial charge in [0.05, 0.1) is 34.1 Å². The SMILES string of the molecule is CC(O)Cn1c(-c2cccs2)nc2cc(C(F)(F)F)ccc21. The van der Waals surface area contributed by atoms with E-state index >= 15 is 0 Å². The molecule has 0 aliphatic rings. The minimum atomic E-state index is -4.40. The third-order valence-electron chi connectivity index (χ3n) is 3.26. The molecule has 3 aromatic rings. The van der Waals surface area contributed by atoms with Gasteiger partial charge in [-0.25, -0.2) is 4.98 Å². The van der Waals surface area contributed by atoms with E-state index in [-0.39, 0.29) is 12.1 Å². The summed E-state index contributed by atoms with van der Waals surface area (Å²) in [6.07, 6.45) is -5.02. The lowest BCUT2D eigenvalue weighted by Crippen LogP contribution is -2.12. The van der Waals surface area contributed by atoms with Crippen molar-refractivity contribution < 1.29 is 18.3 Å². The van der Waals surface area contributed by atoms with Crippen LogP contribution in [0.1, 0.15) is 12.5 Å². The molecule has 7 heteroatoms. The molecule has 1 atom stereocenters. The van der Waals surface area contributed by atoms with E-state index in [2.05, 4.69) is 4.98 Å². The van der Waals surface area contributed by atoms with E-state index in [1.54, 1.807) is 11.5 Å². The van der Waals surface area contributed by atoms with Crippen molar-refractivity contribution in [2.75, 3.05) is 0 Å². The van der Waals surface area contributed by atoms with Crippen molar-refractivity contribution in [1.82, 2.24) is 9.55 Å². The van der Waals surface area contributed by atoms with Crippen LogP contribution in [0.2, 0.25) is 0 Å². The van der Waals surface area contributed by atoms with Gasteiger partial charge in [0.25, 0.3) is 0 Å². The second-order valence-corrected chi connectivity index (χ2v) is 6.02. The Kier molecular flexibility index (Phi) is 3.70. The maximum atomic E-state index is 12.8. The molecule has 1 N–H and O–H groups in total. The van der Waals surface area contributed by atoms with Crippen molar-refractivity contribution in [2.45, 2.75) is 25.7 Å². The molecular formula is C15H13F3N2OS. The molecule has 0 bridgehead atoms. The Morgan fingerprint density at radius 2 is 2.09 bits per heavy atom. The number of fused-ring (bicyclic) bond motifs is 1. The lowest BCUT2D eigenvalue weighted by atomic mass is 10.2. The predicted octanol–water partition coefficient (Wildman–Crippen LogP) is 4.16. The molecule has 1 aromatic carbocycles. The van der Waals surface area contributed by atoms with Gasteiger partial charge in [-0.3, -0.25) is 0 Å². The maximum Gasteiger partial charge on any atom is 0.416 e. The highest BCUT2D eigenvalue weighted by Crippen LogP contribution is 2.34. The second-order valence-electron chi connectivity index (χ2n) is 5.07. The fraction of sp³-hybridized carbons (Fsp3) is 0.267. The average molecular weight is 326 g/mol. The molecule has 2 aromatic heterocycles. The molecular weight excluding hydrogens is 313 g/mol. The Morgan fingerprint density at radius 1 is 1.32 bits per heavy atom. The molecule has 3 nitrogen and oxygen atoms in total. The molecule has 0 aliphatic carbocycles. The van der Waals surface area contributed by atoms with Crippen LogP contribution in [-0.4, -0.2) is 20.8 Å². The zero-order chi connectivity index (χ0) is 15.9. The van der Waals surface area contributed by atoms with Crippen LogP contribution in [0.3, 0.4) is 0 Å². The number of thiophene rings is 1. The van der Waals surface area contributed by atoms with Crippen LogP contribution < -0.4 is 0 Å². The van der Waals surface area contributed by atoms with Gasteiger partial charge in [-0.05, 0) is 36.6 Å². The van der Waals surface area contributed by atoms with Crippen LogP contribution in [0.25, 0.3) is 21.7 Å². The first kappa shape index (κ1) is 15.1. The number of halogens is 3. The van der Waals surface area contributed by atoms with Crippen LogP contribution in [0.15, 0.2) is 35.7 Å². The van der Waals surface area contributed by atoms with Gasteiger partial charge in [-0.2, -0.15) is 13.2 Å². The fourth-order valence-electron chi connectivity index (χ4n) is 2.35. The number of alkyl halides is 3. The summed E-state index contributed by atoms with van der Waals surface area (Å²) in [4.78, 5) is 5.20. The number of rotatable bonds is 3. The van der Waals surface area contributed by atoms with Gasteiger partial charge in [0.2, 0.25) is 0 Å². The summed E-state index contributed by atoms with van der Waals surface area (Å²) in [5, 5.41) is 11.5. The number of hydrogen-bond donors (Lipinski definition) is 1. The highest BCUT2D eigenvalue weighted by atomic mass is 32.1. The molecule has 0 fully saturated rings. The van der Waals surface area contributed by atoms with Crippen molar-refractivity contribution in [3.63, 3.8) is 0 Å². The van der Waals surface area contributed by atoms with Crippen molar-refractivity contribution in [2.24, 2.45) is 0 Å². The van der Waals surface area contributed by atoms with Gasteiger partial charge in [-0.1, -0.05) is 6.07 Å². The molecule has 0 radical (unpaired) electrons. The van der Waals surface area contributed by atoms with Crippen molar-refractivity contribution in [1.29, 1.82) is 0 Å². The van der Waals surface area contributed by atoms with Gasteiger partial charge in [0, 0.05) is 0 Å². The number of aliphatic hydroxyl groups is 1. The number of aliphatic hydroxyl groups excluding tert-OH is 1. The topological polar surface area (TPSA) is 38.0 Å². The average Bonchev–Trinajstić information content (AvgIpc) is 3.04. The molecule has 1 unspecified atom stereocenters. The number of imidazole rings is 1. The number of aromatic nitrogens is 2. The van der Waals surface area contributed by atoms with Crippen LogP contribution in [0.4, 0.5) is 13.2 Å². The summed E-state index contributed by atoms with van der Waals surface area (Å²) >= 11 is 1.46. The number of benzene rings is 1. The maximum absolute atomic E-state index is 12.8. The number of nitrogens with zero attached hydrogens (tertiary/aromatic N) is 2. The zero-order valence-electron chi connectivity index (χ0n) is 11.6. The largest absolute Gasteiger partial charge is 0.416 e. The molecule has 22 heavy (non-hydrogen) atoms. The minimum absolute atomic E-state index is 0.273. The van der Waals surface area contributed by atoms with E-state index < -0.39 is 17.8 Å². The van der Waals surface area contributed by atoms with Gasteiger partial charge in [-0.15, -0.1) is 11.3 Å². The Balaban J connectivity index is 2.21. The van der Waals surface area contributed by atoms with Crippen molar-refractivity contribution >= 4 is 22.4 Å². The Morgan fingerprint density at radius 3 is 2.68 bits per heavy atom. The van der Waals surface area contributed by atoms with E-state index in [0.717, 1.165) is 17.0 Å². The van der Waals surface area contributed by atoms with Gasteiger partial charge < -0.3 is 9.67 Å². The zero-order valence-corrected chi connectivity index (χ0v) is 12.4. The summed E-state index contributed by atoms with van der Waals surface area (Å²) < 4.78 is 40.3. The highest BCUT2D eigenvalue weighted by Gasteiger charge is 2.31. The smallest absolute Gasteiger partial charge is 0.392 e. The standard InChI is InChI=1S/C15H13F3N2OS/c1-9(21)8-20-12-5-4-10(15(16,17)18)7-11(12)19-14(20)13-3-2-6-22-13/h2-7,9,21H,8H2,1H3. The summed E-state index contributed by atoms with van der Waals surface area (Å²) in [6, 6.07) is 7.21. The van der Waals surface area contributed by atoms with Crippen molar-refractivity contribution in [3.05, 3.63) is 41.3 Å². The van der Waals surface area contributed by atoms with Crippen LogP contribution in [-0.2, 0) is 12.7 Å². The first-order valence-corrected chi connectivity index (χ1v) is 7.53. The highest BCUT2D eigenvalue weighted by molar-refractivity contribution is 7.13. The normalized spacial score (nSPS) is 13.7. The van der Waals surface area contributed by atoms with Crippen LogP contribution in [0, 0.1) is 0 Å². The summed E-state index contributed by atoms with van der Waals surface area (Å²) in [7, 11) is 0. The predicted molar refractivity (Wildman–Crippen MR) is 79.7 cm³/mol. The number of hydrogen-bond acceptors (Lipinski definition) is 3. The van der Waals surface area contributed by atoms with E-state index in [4.69, 9.17) is 0 Å². The summed E-state index contributed by atoms with van der Waals surface area (Å²) in [6.45, 7) is 1.91. The monoisotopic (exact) mass is 326 g/mol. The molecule has 0 aliphatic heterocycles. The molecule has 3 rings (SSSR count). The second kappa shape index (κ2) is 5.40. The Labute approximate surface area is 128 Å². The lowest BCUT2D eigenvalue weighted by molar-refractivity contribution is -0.137. The Hall–Kier alpha value is -1.86. The molecule has 0 saturated heterocycles. The third-order valence-corrected chi connectivity index (χ3v) is 4.13. The molecule has 0 saturated carbocycles. The molecule has 116 valence electrons. The van der Waals surface area contributed by atoms with Gasteiger partial charge >= 0.3 is 6.18 Å². The molecule has 0 amide bonds. The van der Waals surface area contributed by atoms with E-state index in [9.17, 15) is 18.3 Å². The van der Waals surface area contributed by atoms with Gasteiger partial charge in [0.1, 0.15) is 0 Å². The van der Waals surface area contributed by atoms with E-state index in [1.165, 1.54) is 17.4 Å². The van der Waals surface area contributed by atoms with Crippen molar-refractivity contribution in [3.8, 4) is 10.7 Å². The van der Waals surface area contributed by atoms with Crippen LogP contribution >= 0.6 is 11.3 Å². The summed E-state index contributed by atoms with van der Waals surface area (Å²) in [5.74, 6) is 0.574. The van der Waals surface area contributed by atoms with Crippen LogP contribution in [0.5, 0.6) is 0 Å². The fourth-order valence-corrected chi connectivity index (χ4v) is 3.07. The first-order valence-electron chi connectivity index (χ1n) is 6.65. The summed E-state index contributed by atoms with van der Waals surface area (Å²) in [5.41, 5.74) is 0.135. The minimum Gasteiger partial charge on any atom is -0.392 e. The first-order chi connectivity index (χ1) is 10.4. The third kappa shape index (κ3) is 2.74. The quantitative estimate of drug-likeness (QED) is 0.785. The molecule has 0 spiro atoms. The van der Waals surface area contributed by atoms with Gasteiger partial charge in [0.15, 0.2) is 5.82 Å². The van der Waals surface area contributed by atoms with E-state index in [0.29, 0.717) is 11.3 Å². The molecule has 2 heterocycles. The van der Waals surface area contributed by atoms with E-state index in [1.807, 2.05) is 17.5 Å². The lowest BCUT2D eigenvalue weighted by Gasteiger charge is -2.11.